The zero-order valence-corrected chi connectivity index (χ0v) is 16.4. The predicted molar refractivity (Wildman–Crippen MR) is 102 cm³/mol. The molecule has 2 fully saturated rings. The zero-order chi connectivity index (χ0) is 19.4. The zero-order valence-electron chi connectivity index (χ0n) is 16.4. The smallest absolute Gasteiger partial charge is 0.223 e. The summed E-state index contributed by atoms with van der Waals surface area (Å²) in [4.78, 5) is 17.0. The third kappa shape index (κ3) is 5.72. The number of amides is 1. The Morgan fingerprint density at radius 1 is 1.04 bits per heavy atom. The lowest BCUT2D eigenvalue weighted by atomic mass is 9.92. The van der Waals surface area contributed by atoms with Crippen molar-refractivity contribution in [2.45, 2.75) is 58.2 Å². The first kappa shape index (κ1) is 20.2. The highest BCUT2D eigenvalue weighted by molar-refractivity contribution is 5.78. The summed E-state index contributed by atoms with van der Waals surface area (Å²) in [6.45, 7) is 8.44. The van der Waals surface area contributed by atoms with Gasteiger partial charge in [-0.1, -0.05) is 0 Å². The number of benzene rings is 1. The van der Waals surface area contributed by atoms with E-state index in [4.69, 9.17) is 0 Å². The molecule has 0 atom stereocenters. The van der Waals surface area contributed by atoms with Crippen LogP contribution in [-0.2, 0) is 11.3 Å². The van der Waals surface area contributed by atoms with Crippen molar-refractivity contribution in [3.8, 4) is 0 Å². The Bertz CT molecular complexity index is 616. The average molecular weight is 379 g/mol. The molecule has 2 heterocycles. The minimum atomic E-state index is -0.510. The molecule has 0 bridgehead atoms. The number of rotatable bonds is 5. The lowest BCUT2D eigenvalue weighted by Crippen LogP contribution is -2.49. The minimum Gasteiger partial charge on any atom is -0.354 e. The van der Waals surface area contributed by atoms with Gasteiger partial charge in [0.1, 0.15) is 11.6 Å². The summed E-state index contributed by atoms with van der Waals surface area (Å²) in [5.74, 6) is -0.679. The molecule has 0 aromatic heterocycles. The summed E-state index contributed by atoms with van der Waals surface area (Å²) in [5.41, 5.74) is 0.697. The molecular weight excluding hydrogens is 348 g/mol. The van der Waals surface area contributed by atoms with Gasteiger partial charge in [-0.3, -0.25) is 9.69 Å². The van der Waals surface area contributed by atoms with Crippen molar-refractivity contribution in [2.24, 2.45) is 5.92 Å². The first-order valence-corrected chi connectivity index (χ1v) is 10.1. The fourth-order valence-corrected chi connectivity index (χ4v) is 4.33. The number of piperidine rings is 2. The highest BCUT2D eigenvalue weighted by Crippen LogP contribution is 2.25. The third-order valence-corrected chi connectivity index (χ3v) is 5.73. The lowest BCUT2D eigenvalue weighted by Gasteiger charge is -2.41. The van der Waals surface area contributed by atoms with E-state index in [2.05, 4.69) is 15.1 Å². The van der Waals surface area contributed by atoms with Gasteiger partial charge < -0.3 is 10.2 Å². The molecule has 2 aliphatic heterocycles. The average Bonchev–Trinajstić information content (AvgIpc) is 2.61. The molecule has 0 unspecified atom stereocenters. The van der Waals surface area contributed by atoms with Crippen LogP contribution in [0, 0.1) is 17.6 Å². The molecule has 2 saturated heterocycles. The second-order valence-electron chi connectivity index (χ2n) is 8.26. The Balaban J connectivity index is 1.43. The molecule has 1 aromatic carbocycles. The van der Waals surface area contributed by atoms with Gasteiger partial charge in [0.25, 0.3) is 0 Å². The highest BCUT2D eigenvalue weighted by Gasteiger charge is 2.30. The molecule has 0 aliphatic carbocycles. The maximum Gasteiger partial charge on any atom is 0.223 e. The fourth-order valence-electron chi connectivity index (χ4n) is 4.33. The summed E-state index contributed by atoms with van der Waals surface area (Å²) >= 11 is 0. The fraction of sp³-hybridized carbons (Fsp3) is 0.667. The normalized spacial score (nSPS) is 20.9. The molecule has 150 valence electrons. The Kier molecular flexibility index (Phi) is 6.82. The summed E-state index contributed by atoms with van der Waals surface area (Å²) in [6, 6.07) is 4.51. The van der Waals surface area contributed by atoms with Crippen LogP contribution in [0.4, 0.5) is 8.78 Å². The van der Waals surface area contributed by atoms with Crippen LogP contribution < -0.4 is 5.32 Å². The number of nitrogens with zero attached hydrogens (tertiary/aromatic N) is 2. The van der Waals surface area contributed by atoms with Crippen molar-refractivity contribution >= 4 is 5.91 Å². The highest BCUT2D eigenvalue weighted by atomic mass is 19.1. The van der Waals surface area contributed by atoms with Gasteiger partial charge in [-0.25, -0.2) is 8.78 Å². The molecule has 1 aromatic rings. The quantitative estimate of drug-likeness (QED) is 0.854. The van der Waals surface area contributed by atoms with E-state index in [9.17, 15) is 13.6 Å². The van der Waals surface area contributed by atoms with Gasteiger partial charge in [-0.2, -0.15) is 0 Å². The Hall–Kier alpha value is -1.53. The molecule has 4 nitrogen and oxygen atoms in total. The maximum atomic E-state index is 13.4. The van der Waals surface area contributed by atoms with E-state index in [1.807, 2.05) is 13.8 Å². The number of hydrogen-bond donors (Lipinski definition) is 1. The van der Waals surface area contributed by atoms with Crippen LogP contribution in [0.3, 0.4) is 0 Å². The van der Waals surface area contributed by atoms with Gasteiger partial charge in [-0.15, -0.1) is 0 Å². The molecule has 27 heavy (non-hydrogen) atoms. The molecular formula is C21H31F2N3O. The van der Waals surface area contributed by atoms with Gasteiger partial charge in [0, 0.05) is 30.6 Å². The first-order chi connectivity index (χ1) is 12.9. The van der Waals surface area contributed by atoms with Crippen LogP contribution in [0.25, 0.3) is 0 Å². The molecule has 0 saturated carbocycles. The number of likely N-dealkylation sites (tertiary alicyclic amines) is 2. The van der Waals surface area contributed by atoms with Crippen molar-refractivity contribution < 1.29 is 13.6 Å². The predicted octanol–water partition coefficient (Wildman–Crippen LogP) is 3.17. The summed E-state index contributed by atoms with van der Waals surface area (Å²) in [7, 11) is 0. The van der Waals surface area contributed by atoms with Crippen molar-refractivity contribution in [3.05, 3.63) is 35.4 Å². The van der Waals surface area contributed by atoms with Crippen LogP contribution in [0.2, 0.25) is 0 Å². The van der Waals surface area contributed by atoms with Crippen LogP contribution in [0.1, 0.15) is 45.1 Å². The van der Waals surface area contributed by atoms with E-state index in [0.29, 0.717) is 18.2 Å². The molecule has 2 aliphatic rings. The number of nitrogens with one attached hydrogen (secondary N) is 1. The van der Waals surface area contributed by atoms with Gasteiger partial charge in [0.05, 0.1) is 0 Å². The molecule has 3 rings (SSSR count). The van der Waals surface area contributed by atoms with Crippen LogP contribution in [-0.4, -0.2) is 54.0 Å². The third-order valence-electron chi connectivity index (χ3n) is 5.73. The minimum absolute atomic E-state index is 0.145. The van der Waals surface area contributed by atoms with E-state index in [-0.39, 0.29) is 17.9 Å². The van der Waals surface area contributed by atoms with Crippen molar-refractivity contribution in [1.82, 2.24) is 15.1 Å². The van der Waals surface area contributed by atoms with Gasteiger partial charge in [0.15, 0.2) is 0 Å². The summed E-state index contributed by atoms with van der Waals surface area (Å²) in [5, 5.41) is 3.03. The second-order valence-corrected chi connectivity index (χ2v) is 8.26. The SMILES string of the molecule is CC(C)NC(=O)C1CCN(C2CCN(Cc3cc(F)cc(F)c3)CC2)CC1. The van der Waals surface area contributed by atoms with Gasteiger partial charge >= 0.3 is 0 Å². The van der Waals surface area contributed by atoms with Crippen molar-refractivity contribution in [2.75, 3.05) is 26.2 Å². The van der Waals surface area contributed by atoms with Crippen molar-refractivity contribution in [3.63, 3.8) is 0 Å². The Morgan fingerprint density at radius 3 is 2.19 bits per heavy atom. The van der Waals surface area contributed by atoms with E-state index >= 15 is 0 Å². The van der Waals surface area contributed by atoms with Gasteiger partial charge in [-0.05, 0) is 83.4 Å². The number of hydrogen-bond acceptors (Lipinski definition) is 3. The Labute approximate surface area is 160 Å². The topological polar surface area (TPSA) is 35.6 Å². The largest absolute Gasteiger partial charge is 0.354 e. The number of halogens is 2. The molecule has 6 heteroatoms. The summed E-state index contributed by atoms with van der Waals surface area (Å²) in [6.07, 6.45) is 4.00. The summed E-state index contributed by atoms with van der Waals surface area (Å²) < 4.78 is 26.7. The molecule has 0 radical (unpaired) electrons. The first-order valence-electron chi connectivity index (χ1n) is 10.1. The second kappa shape index (κ2) is 9.11. The standard InChI is InChI=1S/C21H31F2N3O/c1-15(2)24-21(27)17-3-9-26(10-4-17)20-5-7-25(8-6-20)14-16-11-18(22)13-19(23)12-16/h11-13,15,17,20H,3-10,14H2,1-2H3,(H,24,27). The van der Waals surface area contributed by atoms with E-state index < -0.39 is 11.6 Å². The Morgan fingerprint density at radius 2 is 1.63 bits per heavy atom. The van der Waals surface area contributed by atoms with Crippen LogP contribution in [0.15, 0.2) is 18.2 Å². The molecule has 0 spiro atoms. The van der Waals surface area contributed by atoms with Gasteiger partial charge in [0.2, 0.25) is 5.91 Å². The van der Waals surface area contributed by atoms with Crippen molar-refractivity contribution in [1.29, 1.82) is 0 Å². The van der Waals surface area contributed by atoms with Crippen LogP contribution in [0.5, 0.6) is 0 Å². The van der Waals surface area contributed by atoms with E-state index in [1.54, 1.807) is 0 Å². The molecule has 1 amide bonds. The number of carbonyl (C=O) groups excluding carboxylic acids is 1. The lowest BCUT2D eigenvalue weighted by molar-refractivity contribution is -0.127. The molecule has 1 N–H and O–H groups in total. The van der Waals surface area contributed by atoms with E-state index in [0.717, 1.165) is 57.9 Å². The number of carbonyl (C=O) groups is 1. The van der Waals surface area contributed by atoms with E-state index in [1.165, 1.54) is 12.1 Å². The van der Waals surface area contributed by atoms with Crippen LogP contribution >= 0.6 is 0 Å². The maximum absolute atomic E-state index is 13.4. The monoisotopic (exact) mass is 379 g/mol.